The number of fused-ring (bicyclic) bond motifs is 1. The molecule has 0 spiro atoms. The van der Waals surface area contributed by atoms with Gasteiger partial charge in [-0.3, -0.25) is 0 Å². The van der Waals surface area contributed by atoms with E-state index >= 15 is 0 Å². The van der Waals surface area contributed by atoms with Gasteiger partial charge in [-0.15, -0.1) is 0 Å². The van der Waals surface area contributed by atoms with Gasteiger partial charge in [0, 0.05) is 3.57 Å². The quantitative estimate of drug-likeness (QED) is 0.659. The third-order valence-electron chi connectivity index (χ3n) is 2.73. The van der Waals surface area contributed by atoms with E-state index in [4.69, 9.17) is 0 Å². The minimum atomic E-state index is 0.587. The Labute approximate surface area is 105 Å². The molecule has 0 aromatic heterocycles. The first kappa shape index (κ1) is 10.9. The summed E-state index contributed by atoms with van der Waals surface area (Å²) in [5.41, 5.74) is 2.80. The maximum atomic E-state index is 2.40. The fourth-order valence-electron chi connectivity index (χ4n) is 1.94. The van der Waals surface area contributed by atoms with Gasteiger partial charge in [-0.2, -0.15) is 0 Å². The van der Waals surface area contributed by atoms with Crippen molar-refractivity contribution < 1.29 is 0 Å². The van der Waals surface area contributed by atoms with Gasteiger partial charge in [0.15, 0.2) is 0 Å². The van der Waals surface area contributed by atoms with E-state index in [1.165, 1.54) is 25.5 Å². The summed E-state index contributed by atoms with van der Waals surface area (Å²) in [5, 5.41) is 2.77. The van der Waals surface area contributed by atoms with E-state index in [1.54, 1.807) is 0 Å². The van der Waals surface area contributed by atoms with Gasteiger partial charge >= 0.3 is 0 Å². The monoisotopic (exact) mass is 310 g/mol. The molecule has 0 unspecified atom stereocenters. The third-order valence-corrected chi connectivity index (χ3v) is 3.35. The highest BCUT2D eigenvalue weighted by atomic mass is 127. The number of halogens is 1. The number of hydrogen-bond acceptors (Lipinski definition) is 0. The van der Waals surface area contributed by atoms with Crippen molar-refractivity contribution in [3.8, 4) is 0 Å². The van der Waals surface area contributed by atoms with E-state index < -0.39 is 0 Å². The van der Waals surface area contributed by atoms with Gasteiger partial charge in [0.1, 0.15) is 0 Å². The van der Waals surface area contributed by atoms with Crippen LogP contribution in [0.3, 0.4) is 0 Å². The topological polar surface area (TPSA) is 0 Å². The van der Waals surface area contributed by atoms with Crippen LogP contribution in [-0.2, 0) is 0 Å². The summed E-state index contributed by atoms with van der Waals surface area (Å²) >= 11 is 2.40. The number of aryl methyl sites for hydroxylation is 1. The summed E-state index contributed by atoms with van der Waals surface area (Å²) in [6, 6.07) is 11.2. The van der Waals surface area contributed by atoms with E-state index in [9.17, 15) is 0 Å². The number of hydrogen-bond donors (Lipinski definition) is 0. The van der Waals surface area contributed by atoms with Gasteiger partial charge < -0.3 is 0 Å². The number of rotatable bonds is 1. The molecule has 2 aromatic carbocycles. The van der Waals surface area contributed by atoms with Crippen molar-refractivity contribution in [1.29, 1.82) is 0 Å². The highest BCUT2D eigenvalue weighted by Crippen LogP contribution is 2.28. The normalized spacial score (nSPS) is 11.3. The van der Waals surface area contributed by atoms with Crippen LogP contribution in [0.25, 0.3) is 10.8 Å². The summed E-state index contributed by atoms with van der Waals surface area (Å²) in [5.74, 6) is 0.587. The molecule has 78 valence electrons. The Morgan fingerprint density at radius 3 is 2.47 bits per heavy atom. The molecule has 0 nitrogen and oxygen atoms in total. The molecule has 0 bridgehead atoms. The van der Waals surface area contributed by atoms with Crippen LogP contribution in [-0.4, -0.2) is 0 Å². The van der Waals surface area contributed by atoms with Gasteiger partial charge in [-0.05, 0) is 63.9 Å². The minimum absolute atomic E-state index is 0.587. The fraction of sp³-hybridized carbons (Fsp3) is 0.286. The van der Waals surface area contributed by atoms with Crippen LogP contribution in [0.2, 0.25) is 0 Å². The van der Waals surface area contributed by atoms with Gasteiger partial charge in [-0.25, -0.2) is 0 Å². The zero-order chi connectivity index (χ0) is 11.0. The molecule has 0 aliphatic carbocycles. The van der Waals surface area contributed by atoms with Crippen molar-refractivity contribution in [2.75, 3.05) is 0 Å². The molecule has 15 heavy (non-hydrogen) atoms. The van der Waals surface area contributed by atoms with Crippen LogP contribution in [0.5, 0.6) is 0 Å². The summed E-state index contributed by atoms with van der Waals surface area (Å²) in [6.07, 6.45) is 0. The van der Waals surface area contributed by atoms with Crippen LogP contribution >= 0.6 is 22.6 Å². The lowest BCUT2D eigenvalue weighted by molar-refractivity contribution is 0.875. The van der Waals surface area contributed by atoms with E-state index in [2.05, 4.69) is 73.7 Å². The van der Waals surface area contributed by atoms with Crippen molar-refractivity contribution in [3.63, 3.8) is 0 Å². The molecule has 0 atom stereocenters. The lowest BCUT2D eigenvalue weighted by Gasteiger charge is -2.11. The van der Waals surface area contributed by atoms with Crippen molar-refractivity contribution in [3.05, 3.63) is 45.0 Å². The Morgan fingerprint density at radius 2 is 1.80 bits per heavy atom. The highest BCUT2D eigenvalue weighted by Gasteiger charge is 2.06. The SMILES string of the molecule is Cc1ccc2cc(I)cc(C(C)C)c2c1. The fourth-order valence-corrected chi connectivity index (χ4v) is 2.61. The first-order valence-corrected chi connectivity index (χ1v) is 6.35. The number of benzene rings is 2. The molecule has 2 rings (SSSR count). The Bertz CT molecular complexity index is 498. The molecule has 0 aliphatic heterocycles. The maximum Gasteiger partial charge on any atom is 0.0139 e. The lowest BCUT2D eigenvalue weighted by atomic mass is 9.95. The summed E-state index contributed by atoms with van der Waals surface area (Å²) in [4.78, 5) is 0. The third kappa shape index (κ3) is 2.17. The van der Waals surface area contributed by atoms with Crippen LogP contribution in [0.4, 0.5) is 0 Å². The van der Waals surface area contributed by atoms with Gasteiger partial charge in [0.2, 0.25) is 0 Å². The summed E-state index contributed by atoms with van der Waals surface area (Å²) in [7, 11) is 0. The Balaban J connectivity index is 2.81. The Morgan fingerprint density at radius 1 is 1.07 bits per heavy atom. The van der Waals surface area contributed by atoms with E-state index in [0.717, 1.165) is 0 Å². The molecule has 0 N–H and O–H groups in total. The summed E-state index contributed by atoms with van der Waals surface area (Å²) < 4.78 is 1.33. The average molecular weight is 310 g/mol. The van der Waals surface area contributed by atoms with E-state index in [-0.39, 0.29) is 0 Å². The molecule has 1 heteroatoms. The smallest absolute Gasteiger partial charge is 0.0139 e. The Hall–Kier alpha value is -0.570. The van der Waals surface area contributed by atoms with Crippen LogP contribution in [0, 0.1) is 10.5 Å². The first-order chi connectivity index (χ1) is 7.08. The molecule has 0 amide bonds. The molecule has 0 radical (unpaired) electrons. The van der Waals surface area contributed by atoms with Crippen molar-refractivity contribution in [2.24, 2.45) is 0 Å². The first-order valence-electron chi connectivity index (χ1n) is 5.28. The van der Waals surface area contributed by atoms with Crippen LogP contribution in [0.15, 0.2) is 30.3 Å². The molecule has 0 fully saturated rings. The predicted molar refractivity (Wildman–Crippen MR) is 75.5 cm³/mol. The van der Waals surface area contributed by atoms with E-state index in [0.29, 0.717) is 5.92 Å². The molecule has 2 aromatic rings. The minimum Gasteiger partial charge on any atom is -0.0587 e. The molecule has 0 heterocycles. The van der Waals surface area contributed by atoms with Crippen LogP contribution < -0.4 is 0 Å². The van der Waals surface area contributed by atoms with Gasteiger partial charge in [0.25, 0.3) is 0 Å². The van der Waals surface area contributed by atoms with Crippen molar-refractivity contribution in [1.82, 2.24) is 0 Å². The summed E-state index contributed by atoms with van der Waals surface area (Å²) in [6.45, 7) is 6.67. The largest absolute Gasteiger partial charge is 0.0587 e. The van der Waals surface area contributed by atoms with Gasteiger partial charge in [-0.1, -0.05) is 37.6 Å². The predicted octanol–water partition coefficient (Wildman–Crippen LogP) is 4.88. The second-order valence-corrected chi connectivity index (χ2v) is 5.62. The Kier molecular flexibility index (Phi) is 3.01. The molecular weight excluding hydrogens is 295 g/mol. The molecule has 0 saturated carbocycles. The van der Waals surface area contributed by atoms with Crippen LogP contribution in [0.1, 0.15) is 30.9 Å². The second kappa shape index (κ2) is 4.12. The molecular formula is C14H15I. The average Bonchev–Trinajstić information content (AvgIpc) is 2.17. The van der Waals surface area contributed by atoms with Gasteiger partial charge in [0.05, 0.1) is 0 Å². The zero-order valence-corrected chi connectivity index (χ0v) is 11.5. The molecule has 0 saturated heterocycles. The second-order valence-electron chi connectivity index (χ2n) is 4.37. The van der Waals surface area contributed by atoms with E-state index in [1.807, 2.05) is 0 Å². The van der Waals surface area contributed by atoms with Crippen molar-refractivity contribution >= 4 is 33.4 Å². The standard InChI is InChI=1S/C14H15I/c1-9(2)13-8-12(15)7-11-5-4-10(3)6-14(11)13/h4-9H,1-3H3. The maximum absolute atomic E-state index is 2.40. The lowest BCUT2D eigenvalue weighted by Crippen LogP contribution is -1.91. The highest BCUT2D eigenvalue weighted by molar-refractivity contribution is 14.1. The van der Waals surface area contributed by atoms with Crippen molar-refractivity contribution in [2.45, 2.75) is 26.7 Å². The zero-order valence-electron chi connectivity index (χ0n) is 9.34. The molecule has 0 aliphatic rings.